The molecule has 0 unspecified atom stereocenters. The number of amides is 1. The van der Waals surface area contributed by atoms with Crippen molar-refractivity contribution in [2.24, 2.45) is 0 Å². The highest BCUT2D eigenvalue weighted by molar-refractivity contribution is 5.96. The van der Waals surface area contributed by atoms with Gasteiger partial charge in [-0.05, 0) is 54.9 Å². The Hall–Kier alpha value is -2.55. The van der Waals surface area contributed by atoms with E-state index >= 15 is 0 Å². The Balaban J connectivity index is 1.52. The van der Waals surface area contributed by atoms with Gasteiger partial charge in [0, 0.05) is 31.1 Å². The zero-order valence-corrected chi connectivity index (χ0v) is 15.8. The summed E-state index contributed by atoms with van der Waals surface area (Å²) in [7, 11) is 0. The van der Waals surface area contributed by atoms with Crippen LogP contribution in [0.3, 0.4) is 0 Å². The van der Waals surface area contributed by atoms with Gasteiger partial charge in [-0.15, -0.1) is 0 Å². The van der Waals surface area contributed by atoms with Crippen LogP contribution < -0.4 is 4.74 Å². The standard InChI is InChI=1S/C24H27NO2/c26-23(25-15-4-5-16-25)18-21-14-17-27-22-13-7-12-20(24(21)22)11-6-10-19-8-2-1-3-9-19/h1-3,7-9,12-13,18H,4-6,10-11,14-17H2/b21-18+. The number of carbonyl (C=O) groups excluding carboxylic acids is 1. The van der Waals surface area contributed by atoms with Crippen LogP contribution in [0.2, 0.25) is 0 Å². The molecule has 0 radical (unpaired) electrons. The largest absolute Gasteiger partial charge is 0.493 e. The Kier molecular flexibility index (Phi) is 5.57. The fourth-order valence-electron chi connectivity index (χ4n) is 4.12. The Labute approximate surface area is 161 Å². The van der Waals surface area contributed by atoms with Crippen LogP contribution in [0, 0.1) is 0 Å². The zero-order chi connectivity index (χ0) is 18.5. The molecular formula is C24H27NO2. The lowest BCUT2D eigenvalue weighted by atomic mass is 9.91. The summed E-state index contributed by atoms with van der Waals surface area (Å²) in [6, 6.07) is 16.9. The molecular weight excluding hydrogens is 334 g/mol. The summed E-state index contributed by atoms with van der Waals surface area (Å²) in [5.41, 5.74) is 4.97. The molecule has 0 atom stereocenters. The van der Waals surface area contributed by atoms with Crippen molar-refractivity contribution in [3.63, 3.8) is 0 Å². The molecule has 0 bridgehead atoms. The third-order valence-electron chi connectivity index (χ3n) is 5.53. The predicted octanol–water partition coefficient (Wildman–Crippen LogP) is 4.65. The summed E-state index contributed by atoms with van der Waals surface area (Å²) in [4.78, 5) is 14.6. The number of nitrogens with zero attached hydrogens (tertiary/aromatic N) is 1. The second kappa shape index (κ2) is 8.43. The topological polar surface area (TPSA) is 29.5 Å². The molecule has 0 aromatic heterocycles. The van der Waals surface area contributed by atoms with Gasteiger partial charge < -0.3 is 9.64 Å². The third-order valence-corrected chi connectivity index (χ3v) is 5.53. The minimum Gasteiger partial charge on any atom is -0.493 e. The number of likely N-dealkylation sites (tertiary alicyclic amines) is 1. The van der Waals surface area contributed by atoms with Gasteiger partial charge in [0.15, 0.2) is 0 Å². The quantitative estimate of drug-likeness (QED) is 0.726. The van der Waals surface area contributed by atoms with E-state index in [1.165, 1.54) is 11.1 Å². The molecule has 2 aliphatic heterocycles. The molecule has 1 amide bonds. The lowest BCUT2D eigenvalue weighted by molar-refractivity contribution is -0.124. The third kappa shape index (κ3) is 4.24. The summed E-state index contributed by atoms with van der Waals surface area (Å²) in [6.07, 6.45) is 8.08. The average molecular weight is 361 g/mol. The molecule has 27 heavy (non-hydrogen) atoms. The highest BCUT2D eigenvalue weighted by Crippen LogP contribution is 2.36. The minimum absolute atomic E-state index is 0.162. The van der Waals surface area contributed by atoms with E-state index in [0.29, 0.717) is 6.61 Å². The van der Waals surface area contributed by atoms with Crippen LogP contribution in [0.1, 0.15) is 42.4 Å². The van der Waals surface area contributed by atoms with Crippen LogP contribution in [-0.2, 0) is 17.6 Å². The van der Waals surface area contributed by atoms with Crippen molar-refractivity contribution >= 4 is 11.5 Å². The SMILES string of the molecule is O=C(/C=C1\CCOc2cccc(CCCc3ccccc3)c21)N1CCCC1. The molecule has 3 heteroatoms. The minimum atomic E-state index is 0.162. The van der Waals surface area contributed by atoms with Crippen molar-refractivity contribution in [3.8, 4) is 5.75 Å². The maximum absolute atomic E-state index is 12.6. The van der Waals surface area contributed by atoms with Crippen molar-refractivity contribution in [1.29, 1.82) is 0 Å². The molecule has 1 saturated heterocycles. The number of benzene rings is 2. The van der Waals surface area contributed by atoms with Gasteiger partial charge in [-0.2, -0.15) is 0 Å². The van der Waals surface area contributed by atoms with E-state index < -0.39 is 0 Å². The van der Waals surface area contributed by atoms with Crippen LogP contribution in [0.4, 0.5) is 0 Å². The molecule has 1 fully saturated rings. The van der Waals surface area contributed by atoms with Gasteiger partial charge in [0.25, 0.3) is 0 Å². The first-order valence-electron chi connectivity index (χ1n) is 10.1. The number of fused-ring (bicyclic) bond motifs is 1. The lowest BCUT2D eigenvalue weighted by Gasteiger charge is -2.24. The van der Waals surface area contributed by atoms with E-state index in [1.807, 2.05) is 17.0 Å². The summed E-state index contributed by atoms with van der Waals surface area (Å²) in [5, 5.41) is 0. The first-order chi connectivity index (χ1) is 13.3. The van der Waals surface area contributed by atoms with Gasteiger partial charge in [-0.1, -0.05) is 42.5 Å². The van der Waals surface area contributed by atoms with E-state index in [1.54, 1.807) is 0 Å². The van der Waals surface area contributed by atoms with E-state index in [9.17, 15) is 4.79 Å². The number of aryl methyl sites for hydroxylation is 2. The van der Waals surface area contributed by atoms with Crippen molar-refractivity contribution in [2.75, 3.05) is 19.7 Å². The van der Waals surface area contributed by atoms with Gasteiger partial charge in [0.1, 0.15) is 5.75 Å². The van der Waals surface area contributed by atoms with Crippen molar-refractivity contribution < 1.29 is 9.53 Å². The summed E-state index contributed by atoms with van der Waals surface area (Å²) >= 11 is 0. The summed E-state index contributed by atoms with van der Waals surface area (Å²) in [6.45, 7) is 2.44. The fraction of sp³-hybridized carbons (Fsp3) is 0.375. The van der Waals surface area contributed by atoms with Crippen LogP contribution >= 0.6 is 0 Å². The van der Waals surface area contributed by atoms with E-state index in [4.69, 9.17) is 4.74 Å². The maximum Gasteiger partial charge on any atom is 0.246 e. The van der Waals surface area contributed by atoms with Crippen LogP contribution in [0.25, 0.3) is 5.57 Å². The molecule has 0 saturated carbocycles. The first kappa shape index (κ1) is 17.8. The van der Waals surface area contributed by atoms with Gasteiger partial charge in [-0.25, -0.2) is 0 Å². The average Bonchev–Trinajstić information content (AvgIpc) is 3.24. The molecule has 140 valence electrons. The summed E-state index contributed by atoms with van der Waals surface area (Å²) < 4.78 is 5.90. The number of rotatable bonds is 5. The Bertz CT molecular complexity index is 820. The fourth-order valence-corrected chi connectivity index (χ4v) is 4.12. The van der Waals surface area contributed by atoms with Crippen LogP contribution in [-0.4, -0.2) is 30.5 Å². The number of hydrogen-bond donors (Lipinski definition) is 0. The predicted molar refractivity (Wildman–Crippen MR) is 109 cm³/mol. The van der Waals surface area contributed by atoms with Gasteiger partial charge in [-0.3, -0.25) is 4.79 Å². The van der Waals surface area contributed by atoms with Gasteiger partial charge in [0.2, 0.25) is 5.91 Å². The molecule has 2 aromatic rings. The Morgan fingerprint density at radius 3 is 2.63 bits per heavy atom. The monoisotopic (exact) mass is 361 g/mol. The van der Waals surface area contributed by atoms with Crippen molar-refractivity contribution in [3.05, 3.63) is 71.3 Å². The molecule has 2 heterocycles. The second-order valence-electron chi connectivity index (χ2n) is 7.43. The first-order valence-corrected chi connectivity index (χ1v) is 10.1. The molecule has 3 nitrogen and oxygen atoms in total. The molecule has 0 N–H and O–H groups in total. The Morgan fingerprint density at radius 1 is 1.00 bits per heavy atom. The molecule has 0 spiro atoms. The zero-order valence-electron chi connectivity index (χ0n) is 15.8. The second-order valence-corrected chi connectivity index (χ2v) is 7.43. The van der Waals surface area contributed by atoms with E-state index in [0.717, 1.165) is 68.5 Å². The molecule has 4 rings (SSSR count). The number of carbonyl (C=O) groups is 1. The van der Waals surface area contributed by atoms with Gasteiger partial charge >= 0.3 is 0 Å². The highest BCUT2D eigenvalue weighted by Gasteiger charge is 2.22. The van der Waals surface area contributed by atoms with Crippen molar-refractivity contribution in [1.82, 2.24) is 4.90 Å². The molecule has 0 aliphatic carbocycles. The molecule has 2 aromatic carbocycles. The van der Waals surface area contributed by atoms with E-state index in [-0.39, 0.29) is 5.91 Å². The highest BCUT2D eigenvalue weighted by atomic mass is 16.5. The maximum atomic E-state index is 12.6. The number of ether oxygens (including phenoxy) is 1. The normalized spacial score (nSPS) is 17.6. The Morgan fingerprint density at radius 2 is 1.81 bits per heavy atom. The summed E-state index contributed by atoms with van der Waals surface area (Å²) in [5.74, 6) is 1.09. The smallest absolute Gasteiger partial charge is 0.246 e. The van der Waals surface area contributed by atoms with Crippen molar-refractivity contribution in [2.45, 2.75) is 38.5 Å². The van der Waals surface area contributed by atoms with E-state index in [2.05, 4.69) is 42.5 Å². The lowest BCUT2D eigenvalue weighted by Crippen LogP contribution is -2.26. The number of hydrogen-bond acceptors (Lipinski definition) is 2. The van der Waals surface area contributed by atoms with Crippen LogP contribution in [0.5, 0.6) is 5.75 Å². The molecule has 2 aliphatic rings. The van der Waals surface area contributed by atoms with Gasteiger partial charge in [0.05, 0.1) is 6.61 Å². The van der Waals surface area contributed by atoms with Crippen LogP contribution in [0.15, 0.2) is 54.6 Å².